The number of aromatic amines is 2. The van der Waals surface area contributed by atoms with Crippen LogP contribution in [0.2, 0.25) is 0 Å². The maximum Gasteiger partial charge on any atom is 0.227 e. The van der Waals surface area contributed by atoms with Gasteiger partial charge in [-0.2, -0.15) is 5.10 Å². The second-order valence-electron chi connectivity index (χ2n) is 10.3. The predicted octanol–water partition coefficient (Wildman–Crippen LogP) is 7.10. The molecule has 9 heteroatoms. The Balaban J connectivity index is 1.34. The molecule has 6 rings (SSSR count). The third-order valence-corrected chi connectivity index (χ3v) is 7.75. The molecule has 1 atom stereocenters. The maximum atomic E-state index is 12.7. The molecule has 40 heavy (non-hydrogen) atoms. The van der Waals surface area contributed by atoms with Crippen LogP contribution in [0.4, 0.5) is 5.69 Å². The number of nitrogens with one attached hydrogen (secondary N) is 3. The summed E-state index contributed by atoms with van der Waals surface area (Å²) in [6, 6.07) is 12.1. The number of aryl methyl sites for hydroxylation is 1. The number of hydrogen-bond donors (Lipinski definition) is 3. The van der Waals surface area contributed by atoms with Crippen LogP contribution in [-0.4, -0.2) is 40.0 Å². The minimum Gasteiger partial charge on any atom is -0.357 e. The number of carbonyl (C=O) groups is 1. The number of anilines is 1. The van der Waals surface area contributed by atoms with Crippen molar-refractivity contribution in [3.05, 3.63) is 84.2 Å². The summed E-state index contributed by atoms with van der Waals surface area (Å²) in [5.74, 6) is 0.175. The van der Waals surface area contributed by atoms with Crippen LogP contribution in [0.3, 0.4) is 0 Å². The van der Waals surface area contributed by atoms with Crippen molar-refractivity contribution < 1.29 is 4.79 Å². The fraction of sp³-hybridized carbons (Fsp3) is 0.258. The van der Waals surface area contributed by atoms with Crippen LogP contribution in [0.1, 0.15) is 49.6 Å². The van der Waals surface area contributed by atoms with Crippen molar-refractivity contribution >= 4 is 50.8 Å². The number of nitrogens with zero attached hydrogens (tertiary/aromatic N) is 4. The van der Waals surface area contributed by atoms with E-state index in [1.165, 1.54) is 0 Å². The van der Waals surface area contributed by atoms with Gasteiger partial charge in [-0.05, 0) is 57.0 Å². The number of hydrogen-bond acceptors (Lipinski definition) is 5. The summed E-state index contributed by atoms with van der Waals surface area (Å²) in [5, 5.41) is 11.6. The topological polar surface area (TPSA) is 112 Å². The zero-order valence-electron chi connectivity index (χ0n) is 22.4. The lowest BCUT2D eigenvalue weighted by molar-refractivity contribution is -0.119. The number of rotatable bonds is 7. The number of fused-ring (bicyclic) bond motifs is 1. The molecule has 8 nitrogen and oxygen atoms in total. The molecule has 0 aliphatic heterocycles. The van der Waals surface area contributed by atoms with Gasteiger partial charge >= 0.3 is 0 Å². The molecule has 0 saturated heterocycles. The van der Waals surface area contributed by atoms with Crippen molar-refractivity contribution in [2.24, 2.45) is 5.92 Å². The van der Waals surface area contributed by atoms with E-state index in [4.69, 9.17) is 0 Å². The molecule has 5 aromatic heterocycles. The first kappa shape index (κ1) is 26.4. The van der Waals surface area contributed by atoms with Gasteiger partial charge in [0.15, 0.2) is 5.65 Å². The minimum absolute atomic E-state index is 0.0798. The number of alkyl halides is 1. The number of aromatic nitrogens is 6. The molecule has 0 unspecified atom stereocenters. The van der Waals surface area contributed by atoms with Gasteiger partial charge in [-0.15, -0.1) is 0 Å². The first-order valence-corrected chi connectivity index (χ1v) is 14.8. The van der Waals surface area contributed by atoms with Crippen molar-refractivity contribution in [2.75, 3.05) is 5.32 Å². The first-order valence-electron chi connectivity index (χ1n) is 13.5. The number of halogens is 1. The highest BCUT2D eigenvalue weighted by molar-refractivity contribution is 14.1. The predicted molar refractivity (Wildman–Crippen MR) is 167 cm³/mol. The Bertz CT molecular complexity index is 1700. The van der Waals surface area contributed by atoms with E-state index in [1.54, 1.807) is 18.6 Å². The molecule has 0 radical (unpaired) electrons. The molecule has 0 aromatic carbocycles. The van der Waals surface area contributed by atoms with E-state index in [1.807, 2.05) is 30.5 Å². The summed E-state index contributed by atoms with van der Waals surface area (Å²) < 4.78 is 0.333. The van der Waals surface area contributed by atoms with Gasteiger partial charge in [0.05, 0.1) is 29.0 Å². The SMILES string of the molecule is Cc1[nH]c(-c2[nH]nc3ncc(-c4cncc(NC(=O)C5CCCC5)c4)cc23)cc1/C(=C\[C@@H](C)I)c1ccccn1. The van der Waals surface area contributed by atoms with Crippen LogP contribution in [0.15, 0.2) is 67.3 Å². The highest BCUT2D eigenvalue weighted by atomic mass is 127. The van der Waals surface area contributed by atoms with E-state index in [9.17, 15) is 4.79 Å². The van der Waals surface area contributed by atoms with Gasteiger partial charge in [-0.1, -0.05) is 47.6 Å². The van der Waals surface area contributed by atoms with Gasteiger partial charge in [0.25, 0.3) is 0 Å². The minimum atomic E-state index is 0.0798. The average molecular weight is 644 g/mol. The molecular formula is C31H30IN7O. The Kier molecular flexibility index (Phi) is 7.46. The van der Waals surface area contributed by atoms with Crippen molar-refractivity contribution in [2.45, 2.75) is 43.5 Å². The van der Waals surface area contributed by atoms with Crippen LogP contribution in [0.25, 0.3) is 39.1 Å². The van der Waals surface area contributed by atoms with E-state index in [0.717, 1.165) is 76.1 Å². The monoisotopic (exact) mass is 643 g/mol. The quantitative estimate of drug-likeness (QED) is 0.129. The second-order valence-corrected chi connectivity index (χ2v) is 12.3. The molecule has 1 aliphatic carbocycles. The standard InChI is InChI=1S/C31H30IN7O/c1-18(32)11-25(27-9-5-6-10-34-27)24-14-28(36-19(24)2)29-26-13-22(16-35-30(26)39-38-29)21-12-23(17-33-15-21)37-31(40)20-7-3-4-8-20/h5-6,9-18,20,36H,3-4,7-8H2,1-2H3,(H,37,40)(H,35,38,39)/b25-11+/t18-/m1/s1. The molecule has 1 amide bonds. The molecule has 3 N–H and O–H groups in total. The van der Waals surface area contributed by atoms with Crippen molar-refractivity contribution in [3.8, 4) is 22.5 Å². The molecule has 5 heterocycles. The lowest BCUT2D eigenvalue weighted by Crippen LogP contribution is -2.20. The normalized spacial score (nSPS) is 15.0. The highest BCUT2D eigenvalue weighted by Gasteiger charge is 2.23. The summed E-state index contributed by atoms with van der Waals surface area (Å²) in [5.41, 5.74) is 9.06. The lowest BCUT2D eigenvalue weighted by Gasteiger charge is -2.11. The molecule has 1 fully saturated rings. The van der Waals surface area contributed by atoms with Crippen molar-refractivity contribution in [1.82, 2.24) is 30.1 Å². The zero-order valence-corrected chi connectivity index (χ0v) is 24.6. The molecule has 0 spiro atoms. The Morgan fingerprint density at radius 1 is 1.10 bits per heavy atom. The zero-order chi connectivity index (χ0) is 27.6. The van der Waals surface area contributed by atoms with Gasteiger partial charge in [0, 0.05) is 61.8 Å². The van der Waals surface area contributed by atoms with Crippen LogP contribution in [-0.2, 0) is 4.79 Å². The van der Waals surface area contributed by atoms with E-state index in [0.29, 0.717) is 15.3 Å². The Morgan fingerprint density at radius 2 is 1.93 bits per heavy atom. The van der Waals surface area contributed by atoms with E-state index < -0.39 is 0 Å². The third kappa shape index (κ3) is 5.42. The summed E-state index contributed by atoms with van der Waals surface area (Å²) >= 11 is 2.41. The molecule has 1 saturated carbocycles. The number of carbonyl (C=O) groups excluding carboxylic acids is 1. The Labute approximate surface area is 246 Å². The van der Waals surface area contributed by atoms with E-state index in [-0.39, 0.29) is 11.8 Å². The van der Waals surface area contributed by atoms with Gasteiger partial charge in [0.1, 0.15) is 0 Å². The lowest BCUT2D eigenvalue weighted by atomic mass is 10.0. The van der Waals surface area contributed by atoms with E-state index in [2.05, 4.69) is 90.1 Å². The van der Waals surface area contributed by atoms with Gasteiger partial charge in [-0.25, -0.2) is 4.98 Å². The average Bonchev–Trinajstić information content (AvgIpc) is 3.72. The highest BCUT2D eigenvalue weighted by Crippen LogP contribution is 2.34. The van der Waals surface area contributed by atoms with Crippen LogP contribution < -0.4 is 5.32 Å². The number of pyridine rings is 3. The largest absolute Gasteiger partial charge is 0.357 e. The fourth-order valence-corrected chi connectivity index (χ4v) is 5.76. The smallest absolute Gasteiger partial charge is 0.227 e. The fourth-order valence-electron chi connectivity index (χ4n) is 5.40. The number of allylic oxidation sites excluding steroid dienone is 1. The van der Waals surface area contributed by atoms with Crippen molar-refractivity contribution in [1.29, 1.82) is 0 Å². The van der Waals surface area contributed by atoms with Crippen molar-refractivity contribution in [3.63, 3.8) is 0 Å². The van der Waals surface area contributed by atoms with Gasteiger partial charge in [-0.3, -0.25) is 19.9 Å². The van der Waals surface area contributed by atoms with E-state index >= 15 is 0 Å². The van der Waals surface area contributed by atoms with Crippen LogP contribution >= 0.6 is 22.6 Å². The second kappa shape index (κ2) is 11.3. The van der Waals surface area contributed by atoms with Gasteiger partial charge in [0.2, 0.25) is 5.91 Å². The van der Waals surface area contributed by atoms with Gasteiger partial charge < -0.3 is 10.3 Å². The molecular weight excluding hydrogens is 613 g/mol. The first-order chi connectivity index (χ1) is 19.5. The Morgan fingerprint density at radius 3 is 2.70 bits per heavy atom. The van der Waals surface area contributed by atoms with Crippen LogP contribution in [0, 0.1) is 12.8 Å². The third-order valence-electron chi connectivity index (χ3n) is 7.39. The number of H-pyrrole nitrogens is 2. The summed E-state index contributed by atoms with van der Waals surface area (Å²) in [6.45, 7) is 4.23. The maximum absolute atomic E-state index is 12.7. The molecule has 1 aliphatic rings. The van der Waals surface area contributed by atoms with Crippen LogP contribution in [0.5, 0.6) is 0 Å². The number of amides is 1. The molecule has 5 aromatic rings. The summed E-state index contributed by atoms with van der Waals surface area (Å²) in [4.78, 5) is 29.8. The molecule has 0 bridgehead atoms. The molecule has 202 valence electrons. The summed E-state index contributed by atoms with van der Waals surface area (Å²) in [7, 11) is 0. The Hall–Kier alpha value is -3.86. The summed E-state index contributed by atoms with van der Waals surface area (Å²) in [6.07, 6.45) is 13.5.